The number of nitrogens with one attached hydrogen (secondary N) is 1. The summed E-state index contributed by atoms with van der Waals surface area (Å²) in [6, 6.07) is 0. The lowest BCUT2D eigenvalue weighted by Crippen LogP contribution is -2.30. The minimum Gasteiger partial charge on any atom is -0.300 e. The van der Waals surface area contributed by atoms with E-state index < -0.39 is 0 Å². The van der Waals surface area contributed by atoms with Crippen molar-refractivity contribution in [2.45, 2.75) is 59.8 Å². The molecule has 0 spiro atoms. The summed E-state index contributed by atoms with van der Waals surface area (Å²) in [5.74, 6) is 0.424. The second kappa shape index (κ2) is 6.27. The first-order chi connectivity index (χ1) is 8.40. The first-order valence-corrected chi connectivity index (χ1v) is 7.37. The maximum atomic E-state index is 12.1. The average molecular weight is 269 g/mol. The van der Waals surface area contributed by atoms with Crippen molar-refractivity contribution in [3.05, 3.63) is 5.01 Å². The van der Waals surface area contributed by atoms with Crippen molar-refractivity contribution >= 4 is 22.4 Å². The van der Waals surface area contributed by atoms with E-state index in [1.54, 1.807) is 0 Å². The van der Waals surface area contributed by atoms with Gasteiger partial charge in [0.2, 0.25) is 11.0 Å². The summed E-state index contributed by atoms with van der Waals surface area (Å²) in [6.07, 6.45) is 2.90. The Morgan fingerprint density at radius 1 is 1.39 bits per heavy atom. The molecule has 0 bridgehead atoms. The zero-order valence-electron chi connectivity index (χ0n) is 11.9. The van der Waals surface area contributed by atoms with Gasteiger partial charge in [-0.05, 0) is 12.8 Å². The van der Waals surface area contributed by atoms with Gasteiger partial charge in [0.25, 0.3) is 0 Å². The Morgan fingerprint density at radius 3 is 2.61 bits per heavy atom. The number of hydrogen-bond donors (Lipinski definition) is 1. The van der Waals surface area contributed by atoms with E-state index in [2.05, 4.69) is 36.3 Å². The highest BCUT2D eigenvalue weighted by molar-refractivity contribution is 7.15. The fourth-order valence-electron chi connectivity index (χ4n) is 1.66. The number of carbonyl (C=O) groups is 1. The molecular weight excluding hydrogens is 246 g/mol. The summed E-state index contributed by atoms with van der Waals surface area (Å²) < 4.78 is 0. The molecule has 1 N–H and O–H groups in total. The molecule has 1 aromatic heterocycles. The summed E-state index contributed by atoms with van der Waals surface area (Å²) in [7, 11) is 0. The van der Waals surface area contributed by atoms with E-state index in [9.17, 15) is 4.79 Å². The highest BCUT2D eigenvalue weighted by Gasteiger charge is 2.27. The summed E-state index contributed by atoms with van der Waals surface area (Å²) in [5, 5.41) is 12.6. The van der Waals surface area contributed by atoms with Gasteiger partial charge in [-0.25, -0.2) is 0 Å². The molecule has 4 nitrogen and oxygen atoms in total. The Hall–Kier alpha value is -0.970. The molecule has 1 amide bonds. The van der Waals surface area contributed by atoms with Gasteiger partial charge in [-0.3, -0.25) is 4.79 Å². The molecule has 1 atom stereocenters. The summed E-state index contributed by atoms with van der Waals surface area (Å²) in [5.41, 5.74) is -0.350. The van der Waals surface area contributed by atoms with Gasteiger partial charge in [0.1, 0.15) is 5.01 Å². The number of rotatable bonds is 6. The van der Waals surface area contributed by atoms with Gasteiger partial charge in [-0.2, -0.15) is 0 Å². The standard InChI is InChI=1S/C13H23N3OS/c1-6-8-13(4,5)11(17)14-12-16-15-10(18-12)9(3)7-2/h9H,6-8H2,1-5H3,(H,14,16,17). The molecule has 1 rings (SSSR count). The van der Waals surface area contributed by atoms with Crippen molar-refractivity contribution in [1.82, 2.24) is 10.2 Å². The Bertz CT molecular complexity index is 401. The molecule has 0 aliphatic heterocycles. The highest BCUT2D eigenvalue weighted by Crippen LogP contribution is 2.28. The zero-order valence-corrected chi connectivity index (χ0v) is 12.7. The van der Waals surface area contributed by atoms with E-state index in [1.807, 2.05) is 13.8 Å². The van der Waals surface area contributed by atoms with E-state index in [4.69, 9.17) is 0 Å². The Morgan fingerprint density at radius 2 is 2.06 bits per heavy atom. The third kappa shape index (κ3) is 3.77. The number of hydrogen-bond acceptors (Lipinski definition) is 4. The fourth-order valence-corrected chi connectivity index (χ4v) is 2.54. The molecule has 1 unspecified atom stereocenters. The maximum absolute atomic E-state index is 12.1. The van der Waals surface area contributed by atoms with Crippen LogP contribution in [0.5, 0.6) is 0 Å². The van der Waals surface area contributed by atoms with Crippen molar-refractivity contribution in [2.24, 2.45) is 5.41 Å². The van der Waals surface area contributed by atoms with Crippen molar-refractivity contribution < 1.29 is 4.79 Å². The van der Waals surface area contributed by atoms with E-state index in [1.165, 1.54) is 11.3 Å². The van der Waals surface area contributed by atoms with Crippen LogP contribution < -0.4 is 5.32 Å². The van der Waals surface area contributed by atoms with Gasteiger partial charge in [-0.15, -0.1) is 10.2 Å². The molecule has 0 saturated carbocycles. The molecule has 102 valence electrons. The van der Waals surface area contributed by atoms with Crippen LogP contribution in [0.2, 0.25) is 0 Å². The Kier molecular flexibility index (Phi) is 5.26. The van der Waals surface area contributed by atoms with Crippen molar-refractivity contribution in [2.75, 3.05) is 5.32 Å². The molecule has 18 heavy (non-hydrogen) atoms. The molecule has 0 radical (unpaired) electrons. The van der Waals surface area contributed by atoms with Crippen LogP contribution in [-0.4, -0.2) is 16.1 Å². The monoisotopic (exact) mass is 269 g/mol. The molecule has 0 aromatic carbocycles. The van der Waals surface area contributed by atoms with Crippen LogP contribution in [0.15, 0.2) is 0 Å². The molecule has 0 fully saturated rings. The smallest absolute Gasteiger partial charge is 0.231 e. The predicted octanol–water partition coefficient (Wildman–Crippen LogP) is 3.82. The van der Waals surface area contributed by atoms with Crippen LogP contribution in [0.3, 0.4) is 0 Å². The van der Waals surface area contributed by atoms with E-state index in [0.29, 0.717) is 11.0 Å². The topological polar surface area (TPSA) is 54.9 Å². The van der Waals surface area contributed by atoms with E-state index in [0.717, 1.165) is 24.3 Å². The Balaban J connectivity index is 2.68. The van der Waals surface area contributed by atoms with E-state index in [-0.39, 0.29) is 11.3 Å². The van der Waals surface area contributed by atoms with Crippen molar-refractivity contribution in [1.29, 1.82) is 0 Å². The summed E-state index contributed by atoms with van der Waals surface area (Å²) >= 11 is 1.47. The lowest BCUT2D eigenvalue weighted by molar-refractivity contribution is -0.124. The van der Waals surface area contributed by atoms with Gasteiger partial charge < -0.3 is 5.32 Å². The summed E-state index contributed by atoms with van der Waals surface area (Å²) in [4.78, 5) is 12.1. The first kappa shape index (κ1) is 15.1. The minimum absolute atomic E-state index is 0.0243. The molecule has 5 heteroatoms. The largest absolute Gasteiger partial charge is 0.300 e. The van der Waals surface area contributed by atoms with Crippen LogP contribution in [-0.2, 0) is 4.79 Å². The average Bonchev–Trinajstić information content (AvgIpc) is 2.76. The van der Waals surface area contributed by atoms with Crippen LogP contribution in [0.4, 0.5) is 5.13 Å². The lowest BCUT2D eigenvalue weighted by atomic mass is 9.87. The third-order valence-electron chi connectivity index (χ3n) is 3.18. The van der Waals surface area contributed by atoms with Crippen LogP contribution in [0.1, 0.15) is 64.8 Å². The van der Waals surface area contributed by atoms with Crippen LogP contribution in [0.25, 0.3) is 0 Å². The normalized spacial score (nSPS) is 13.4. The molecule has 0 aliphatic rings. The number of amides is 1. The number of aromatic nitrogens is 2. The molecule has 0 aliphatic carbocycles. The maximum Gasteiger partial charge on any atom is 0.231 e. The lowest BCUT2D eigenvalue weighted by Gasteiger charge is -2.21. The number of carbonyl (C=O) groups excluding carboxylic acids is 1. The van der Waals surface area contributed by atoms with Gasteiger partial charge in [0.15, 0.2) is 0 Å². The van der Waals surface area contributed by atoms with E-state index >= 15 is 0 Å². The SMILES string of the molecule is CCCC(C)(C)C(=O)Nc1nnc(C(C)CC)s1. The number of anilines is 1. The fraction of sp³-hybridized carbons (Fsp3) is 0.769. The second-order valence-electron chi connectivity index (χ2n) is 5.34. The highest BCUT2D eigenvalue weighted by atomic mass is 32.1. The van der Waals surface area contributed by atoms with Crippen LogP contribution >= 0.6 is 11.3 Å². The van der Waals surface area contributed by atoms with Gasteiger partial charge in [0, 0.05) is 11.3 Å². The van der Waals surface area contributed by atoms with Crippen molar-refractivity contribution in [3.8, 4) is 0 Å². The quantitative estimate of drug-likeness (QED) is 0.854. The molecule has 1 heterocycles. The van der Waals surface area contributed by atoms with Gasteiger partial charge in [-0.1, -0.05) is 52.4 Å². The number of nitrogens with zero attached hydrogens (tertiary/aromatic N) is 2. The van der Waals surface area contributed by atoms with Crippen molar-refractivity contribution in [3.63, 3.8) is 0 Å². The Labute approximate surface area is 113 Å². The van der Waals surface area contributed by atoms with Gasteiger partial charge >= 0.3 is 0 Å². The first-order valence-electron chi connectivity index (χ1n) is 6.55. The molecule has 0 saturated heterocycles. The minimum atomic E-state index is -0.350. The second-order valence-corrected chi connectivity index (χ2v) is 6.35. The van der Waals surface area contributed by atoms with Gasteiger partial charge in [0.05, 0.1) is 0 Å². The zero-order chi connectivity index (χ0) is 13.8. The predicted molar refractivity (Wildman–Crippen MR) is 75.9 cm³/mol. The molecule has 1 aromatic rings. The van der Waals surface area contributed by atoms with Crippen LogP contribution in [0, 0.1) is 5.41 Å². The molecular formula is C13H23N3OS. The summed E-state index contributed by atoms with van der Waals surface area (Å²) in [6.45, 7) is 10.2. The third-order valence-corrected chi connectivity index (χ3v) is 4.25.